The Balaban J connectivity index is 1.76. The maximum Gasteiger partial charge on any atom is 0.274 e. The molecule has 3 aromatic rings. The van der Waals surface area contributed by atoms with Crippen molar-refractivity contribution in [2.45, 2.75) is 6.92 Å². The lowest BCUT2D eigenvalue weighted by atomic mass is 10.2. The first-order valence-electron chi connectivity index (χ1n) is 8.03. The Morgan fingerprint density at radius 3 is 2.77 bits per heavy atom. The van der Waals surface area contributed by atoms with E-state index in [1.54, 1.807) is 30.3 Å². The van der Waals surface area contributed by atoms with Crippen LogP contribution in [0.3, 0.4) is 0 Å². The summed E-state index contributed by atoms with van der Waals surface area (Å²) in [6.07, 6.45) is 1.27. The van der Waals surface area contributed by atoms with Crippen LogP contribution in [0.2, 0.25) is 0 Å². The van der Waals surface area contributed by atoms with Crippen molar-refractivity contribution in [1.82, 2.24) is 9.97 Å². The van der Waals surface area contributed by atoms with Gasteiger partial charge >= 0.3 is 0 Å². The number of carbonyl (C=O) groups excluding carboxylic acids is 1. The fraction of sp³-hybridized carbons (Fsp3) is 0.105. The molecule has 26 heavy (non-hydrogen) atoms. The lowest BCUT2D eigenvalue weighted by Gasteiger charge is -2.11. The van der Waals surface area contributed by atoms with Crippen LogP contribution < -0.4 is 15.4 Å². The van der Waals surface area contributed by atoms with Gasteiger partial charge < -0.3 is 15.4 Å². The van der Waals surface area contributed by atoms with Gasteiger partial charge in [-0.3, -0.25) is 4.79 Å². The van der Waals surface area contributed by atoms with Crippen molar-refractivity contribution in [1.29, 1.82) is 0 Å². The van der Waals surface area contributed by atoms with Gasteiger partial charge in [0.15, 0.2) is 0 Å². The van der Waals surface area contributed by atoms with E-state index in [1.807, 2.05) is 13.0 Å². The summed E-state index contributed by atoms with van der Waals surface area (Å²) in [6, 6.07) is 14.6. The second kappa shape index (κ2) is 8.06. The van der Waals surface area contributed by atoms with E-state index in [0.29, 0.717) is 29.5 Å². The van der Waals surface area contributed by atoms with Crippen molar-refractivity contribution in [3.63, 3.8) is 0 Å². The second-order valence-electron chi connectivity index (χ2n) is 5.31. The summed E-state index contributed by atoms with van der Waals surface area (Å²) < 4.78 is 18.8. The number of amides is 1. The molecule has 3 rings (SSSR count). The molecule has 0 spiro atoms. The average molecular weight is 352 g/mol. The van der Waals surface area contributed by atoms with E-state index in [9.17, 15) is 9.18 Å². The third-order valence-corrected chi connectivity index (χ3v) is 3.43. The van der Waals surface area contributed by atoms with Crippen LogP contribution in [0.4, 0.5) is 21.6 Å². The Morgan fingerprint density at radius 2 is 1.96 bits per heavy atom. The first-order chi connectivity index (χ1) is 12.7. The third-order valence-electron chi connectivity index (χ3n) is 3.43. The Kier molecular flexibility index (Phi) is 5.38. The average Bonchev–Trinajstić information content (AvgIpc) is 2.64. The molecule has 0 aliphatic rings. The smallest absolute Gasteiger partial charge is 0.274 e. The van der Waals surface area contributed by atoms with Crippen LogP contribution >= 0.6 is 0 Å². The summed E-state index contributed by atoms with van der Waals surface area (Å²) in [5.41, 5.74) is 1.25. The van der Waals surface area contributed by atoms with Gasteiger partial charge in [0.05, 0.1) is 12.3 Å². The van der Waals surface area contributed by atoms with Gasteiger partial charge in [0.25, 0.3) is 5.91 Å². The number of aromatic nitrogens is 2. The largest absolute Gasteiger partial charge is 0.492 e. The standard InChI is InChI=1S/C19H17FN4O2/c1-2-26-17-9-4-3-8-15(17)24-19(25)16-11-18(22-12-21-16)23-14-7-5-6-13(20)10-14/h3-12H,2H2,1H3,(H,24,25)(H,21,22,23). The number of hydrogen-bond acceptors (Lipinski definition) is 5. The van der Waals surface area contributed by atoms with E-state index in [1.165, 1.54) is 24.5 Å². The summed E-state index contributed by atoms with van der Waals surface area (Å²) in [4.78, 5) is 20.5. The van der Waals surface area contributed by atoms with Crippen molar-refractivity contribution < 1.29 is 13.9 Å². The predicted molar refractivity (Wildman–Crippen MR) is 97.3 cm³/mol. The topological polar surface area (TPSA) is 76.1 Å². The van der Waals surface area contributed by atoms with Crippen LogP contribution in [0, 0.1) is 5.82 Å². The monoisotopic (exact) mass is 352 g/mol. The molecule has 6 nitrogen and oxygen atoms in total. The molecule has 1 aromatic heterocycles. The zero-order valence-corrected chi connectivity index (χ0v) is 14.1. The molecule has 0 aliphatic heterocycles. The normalized spacial score (nSPS) is 10.2. The van der Waals surface area contributed by atoms with Gasteiger partial charge in [-0.25, -0.2) is 14.4 Å². The van der Waals surface area contributed by atoms with Crippen molar-refractivity contribution in [2.75, 3.05) is 17.2 Å². The first kappa shape index (κ1) is 17.3. The molecular weight excluding hydrogens is 335 g/mol. The summed E-state index contributed by atoms with van der Waals surface area (Å²) in [5.74, 6) is 0.195. The summed E-state index contributed by atoms with van der Waals surface area (Å²) >= 11 is 0. The Bertz CT molecular complexity index is 917. The Labute approximate surface area is 150 Å². The molecule has 2 aromatic carbocycles. The molecule has 0 unspecified atom stereocenters. The predicted octanol–water partition coefficient (Wildman–Crippen LogP) is 4.01. The number of nitrogens with one attached hydrogen (secondary N) is 2. The number of anilines is 3. The highest BCUT2D eigenvalue weighted by atomic mass is 19.1. The van der Waals surface area contributed by atoms with Crippen LogP contribution in [0.1, 0.15) is 17.4 Å². The third kappa shape index (κ3) is 4.32. The molecule has 2 N–H and O–H groups in total. The summed E-state index contributed by atoms with van der Waals surface area (Å²) in [5, 5.41) is 5.71. The molecule has 0 fully saturated rings. The van der Waals surface area contributed by atoms with Crippen LogP contribution in [-0.2, 0) is 0 Å². The van der Waals surface area contributed by atoms with E-state index >= 15 is 0 Å². The molecule has 0 saturated heterocycles. The van der Waals surface area contributed by atoms with Crippen molar-refractivity contribution in [3.05, 3.63) is 72.4 Å². The van der Waals surface area contributed by atoms with Gasteiger partial charge in [0.1, 0.15) is 29.4 Å². The minimum Gasteiger partial charge on any atom is -0.492 e. The van der Waals surface area contributed by atoms with Crippen LogP contribution in [-0.4, -0.2) is 22.5 Å². The zero-order chi connectivity index (χ0) is 18.4. The number of benzene rings is 2. The van der Waals surface area contributed by atoms with Crippen LogP contribution in [0.5, 0.6) is 5.75 Å². The molecule has 1 amide bonds. The van der Waals surface area contributed by atoms with E-state index in [-0.39, 0.29) is 11.5 Å². The SMILES string of the molecule is CCOc1ccccc1NC(=O)c1cc(Nc2cccc(F)c2)ncn1. The summed E-state index contributed by atoms with van der Waals surface area (Å²) in [7, 11) is 0. The van der Waals surface area contributed by atoms with Gasteiger partial charge in [0.2, 0.25) is 0 Å². The number of carbonyl (C=O) groups is 1. The molecule has 0 atom stereocenters. The van der Waals surface area contributed by atoms with E-state index in [2.05, 4.69) is 20.6 Å². The molecule has 0 bridgehead atoms. The summed E-state index contributed by atoms with van der Waals surface area (Å²) in [6.45, 7) is 2.36. The molecule has 132 valence electrons. The number of ether oxygens (including phenoxy) is 1. The number of nitrogens with zero attached hydrogens (tertiary/aromatic N) is 2. The molecule has 0 aliphatic carbocycles. The maximum atomic E-state index is 13.3. The van der Waals surface area contributed by atoms with Gasteiger partial charge in [-0.2, -0.15) is 0 Å². The maximum absolute atomic E-state index is 13.3. The Hall–Kier alpha value is -3.48. The van der Waals surface area contributed by atoms with Crippen molar-refractivity contribution >= 4 is 23.1 Å². The number of halogens is 1. The molecule has 1 heterocycles. The number of rotatable bonds is 6. The second-order valence-corrected chi connectivity index (χ2v) is 5.31. The Morgan fingerprint density at radius 1 is 1.12 bits per heavy atom. The van der Waals surface area contributed by atoms with Gasteiger partial charge in [0, 0.05) is 11.8 Å². The fourth-order valence-corrected chi connectivity index (χ4v) is 2.30. The number of para-hydroxylation sites is 2. The van der Waals surface area contributed by atoms with Gasteiger partial charge in [-0.1, -0.05) is 18.2 Å². The molecule has 0 radical (unpaired) electrons. The fourth-order valence-electron chi connectivity index (χ4n) is 2.30. The van der Waals surface area contributed by atoms with E-state index < -0.39 is 5.91 Å². The minimum atomic E-state index is -0.401. The zero-order valence-electron chi connectivity index (χ0n) is 14.1. The lowest BCUT2D eigenvalue weighted by Crippen LogP contribution is -2.15. The molecule has 7 heteroatoms. The van der Waals surface area contributed by atoms with Crippen molar-refractivity contribution in [2.24, 2.45) is 0 Å². The highest BCUT2D eigenvalue weighted by Gasteiger charge is 2.12. The van der Waals surface area contributed by atoms with Gasteiger partial charge in [-0.15, -0.1) is 0 Å². The van der Waals surface area contributed by atoms with E-state index in [4.69, 9.17) is 4.74 Å². The quantitative estimate of drug-likeness (QED) is 0.701. The highest BCUT2D eigenvalue weighted by Crippen LogP contribution is 2.24. The van der Waals surface area contributed by atoms with E-state index in [0.717, 1.165) is 0 Å². The van der Waals surface area contributed by atoms with Crippen molar-refractivity contribution in [3.8, 4) is 5.75 Å². The molecule has 0 saturated carbocycles. The lowest BCUT2D eigenvalue weighted by molar-refractivity contribution is 0.102. The minimum absolute atomic E-state index is 0.171. The first-order valence-corrected chi connectivity index (χ1v) is 8.03. The highest BCUT2D eigenvalue weighted by molar-refractivity contribution is 6.04. The van der Waals surface area contributed by atoms with Crippen LogP contribution in [0.15, 0.2) is 60.9 Å². The molecular formula is C19H17FN4O2. The van der Waals surface area contributed by atoms with Gasteiger partial charge in [-0.05, 0) is 37.3 Å². The van der Waals surface area contributed by atoms with Crippen LogP contribution in [0.25, 0.3) is 0 Å². The number of hydrogen-bond donors (Lipinski definition) is 2.